The molecule has 1 aromatic carbocycles. The maximum atomic E-state index is 11.6. The highest BCUT2D eigenvalue weighted by molar-refractivity contribution is 7.80. The average Bonchev–Trinajstić information content (AvgIpc) is 2.29. The lowest BCUT2D eigenvalue weighted by atomic mass is 9.92. The smallest absolute Gasteiger partial charge is 0.245 e. The minimum Gasteiger partial charge on any atom is -0.354 e. The first kappa shape index (κ1) is 11.8. The molecule has 1 aromatic rings. The monoisotopic (exact) mass is 265 g/mol. The molecule has 1 heterocycles. The highest BCUT2D eigenvalue weighted by Gasteiger charge is 2.34. The van der Waals surface area contributed by atoms with Gasteiger partial charge in [0.05, 0.1) is 12.1 Å². The summed E-state index contributed by atoms with van der Waals surface area (Å²) in [5.74, 6) is -1.18. The minimum absolute atomic E-state index is 0.237. The normalized spacial score (nSPS) is 23.5. The number of amides is 1. The second-order valence-corrected chi connectivity index (χ2v) is 4.44. The molecule has 0 radical (unpaired) electrons. The molecule has 0 unspecified atom stereocenters. The zero-order valence-electron chi connectivity index (χ0n) is 8.61. The summed E-state index contributed by atoms with van der Waals surface area (Å²) in [4.78, 5) is 11.6. The van der Waals surface area contributed by atoms with E-state index in [4.69, 9.17) is 29.1 Å². The molecule has 17 heavy (non-hydrogen) atoms. The minimum atomic E-state index is -0.803. The molecule has 0 bridgehead atoms. The van der Waals surface area contributed by atoms with Crippen molar-refractivity contribution in [2.45, 2.75) is 6.04 Å². The number of nitrogens with one attached hydrogen (secondary N) is 2. The Bertz CT molecular complexity index is 508. The van der Waals surface area contributed by atoms with E-state index in [1.807, 2.05) is 6.07 Å². The number of thiocarbonyl (C=S) groups is 1. The summed E-state index contributed by atoms with van der Waals surface area (Å²) >= 11 is 10.7. The van der Waals surface area contributed by atoms with Crippen LogP contribution in [0.25, 0.3) is 0 Å². The predicted molar refractivity (Wildman–Crippen MR) is 67.2 cm³/mol. The van der Waals surface area contributed by atoms with Crippen molar-refractivity contribution in [2.75, 3.05) is 0 Å². The van der Waals surface area contributed by atoms with Crippen LogP contribution < -0.4 is 10.6 Å². The van der Waals surface area contributed by atoms with Gasteiger partial charge >= 0.3 is 0 Å². The van der Waals surface area contributed by atoms with Gasteiger partial charge in [-0.2, -0.15) is 5.26 Å². The lowest BCUT2D eigenvalue weighted by Crippen LogP contribution is -2.53. The molecule has 2 N–H and O–H groups in total. The van der Waals surface area contributed by atoms with E-state index in [2.05, 4.69) is 10.6 Å². The number of nitriles is 1. The third-order valence-electron chi connectivity index (χ3n) is 2.51. The fourth-order valence-electron chi connectivity index (χ4n) is 1.68. The van der Waals surface area contributed by atoms with Gasteiger partial charge in [0.2, 0.25) is 5.91 Å². The van der Waals surface area contributed by atoms with Gasteiger partial charge in [0, 0.05) is 5.02 Å². The molecule has 2 rings (SSSR count). The third kappa shape index (κ3) is 2.38. The Labute approximate surface area is 109 Å². The summed E-state index contributed by atoms with van der Waals surface area (Å²) in [7, 11) is 0. The van der Waals surface area contributed by atoms with Crippen LogP contribution in [0.4, 0.5) is 0 Å². The number of benzene rings is 1. The molecule has 0 saturated carbocycles. The summed E-state index contributed by atoms with van der Waals surface area (Å²) in [6.45, 7) is 0. The fourth-order valence-corrected chi connectivity index (χ4v) is 2.03. The van der Waals surface area contributed by atoms with Gasteiger partial charge in [0.25, 0.3) is 0 Å². The Balaban J connectivity index is 2.34. The highest BCUT2D eigenvalue weighted by atomic mass is 35.5. The maximum absolute atomic E-state index is 11.6. The van der Waals surface area contributed by atoms with Crippen LogP contribution in [0.1, 0.15) is 11.6 Å². The van der Waals surface area contributed by atoms with Gasteiger partial charge in [0.15, 0.2) is 5.11 Å². The zero-order valence-corrected chi connectivity index (χ0v) is 10.2. The lowest BCUT2D eigenvalue weighted by molar-refractivity contribution is -0.123. The molecule has 0 aromatic heterocycles. The van der Waals surface area contributed by atoms with Crippen molar-refractivity contribution in [1.29, 1.82) is 5.26 Å². The van der Waals surface area contributed by atoms with Crippen LogP contribution >= 0.6 is 23.8 Å². The number of hydrogen-bond donors (Lipinski definition) is 2. The first-order valence-electron chi connectivity index (χ1n) is 4.88. The van der Waals surface area contributed by atoms with Gasteiger partial charge in [-0.3, -0.25) is 4.79 Å². The Morgan fingerprint density at radius 1 is 1.35 bits per heavy atom. The van der Waals surface area contributed by atoms with E-state index in [1.54, 1.807) is 24.3 Å². The summed E-state index contributed by atoms with van der Waals surface area (Å²) in [5, 5.41) is 15.2. The Kier molecular flexibility index (Phi) is 3.27. The van der Waals surface area contributed by atoms with Crippen molar-refractivity contribution >= 4 is 34.8 Å². The van der Waals surface area contributed by atoms with Gasteiger partial charge in [-0.15, -0.1) is 0 Å². The van der Waals surface area contributed by atoms with E-state index in [9.17, 15) is 4.79 Å². The van der Waals surface area contributed by atoms with E-state index in [1.165, 1.54) is 0 Å². The van der Waals surface area contributed by atoms with Gasteiger partial charge < -0.3 is 10.6 Å². The molecular formula is C11H8ClN3OS. The number of carbonyl (C=O) groups excluding carboxylic acids is 1. The molecule has 0 spiro atoms. The predicted octanol–water partition coefficient (Wildman–Crippen LogP) is 1.53. The standard InChI is InChI=1S/C11H8ClN3OS/c12-7-3-1-6(2-4-7)9-8(5-13)10(16)15-11(17)14-9/h1-4,8-9H,(H2,14,15,16,17)/t8-,9+/m1/s1. The van der Waals surface area contributed by atoms with Crippen LogP contribution in [-0.4, -0.2) is 11.0 Å². The molecule has 0 aliphatic carbocycles. The van der Waals surface area contributed by atoms with E-state index in [-0.39, 0.29) is 11.0 Å². The number of hydrogen-bond acceptors (Lipinski definition) is 3. The summed E-state index contributed by atoms with van der Waals surface area (Å²) < 4.78 is 0. The SMILES string of the molecule is N#C[C@H]1C(=O)NC(=S)N[C@H]1c1ccc(Cl)cc1. The molecule has 1 aliphatic heterocycles. The average molecular weight is 266 g/mol. The van der Waals surface area contributed by atoms with E-state index < -0.39 is 12.0 Å². The highest BCUT2D eigenvalue weighted by Crippen LogP contribution is 2.25. The topological polar surface area (TPSA) is 64.9 Å². The number of halogens is 1. The molecule has 4 nitrogen and oxygen atoms in total. The number of carbonyl (C=O) groups is 1. The van der Waals surface area contributed by atoms with Crippen molar-refractivity contribution in [3.63, 3.8) is 0 Å². The Morgan fingerprint density at radius 2 is 2.00 bits per heavy atom. The third-order valence-corrected chi connectivity index (χ3v) is 2.98. The Morgan fingerprint density at radius 3 is 2.59 bits per heavy atom. The molecule has 1 aliphatic rings. The maximum Gasteiger partial charge on any atom is 0.245 e. The fraction of sp³-hybridized carbons (Fsp3) is 0.182. The van der Waals surface area contributed by atoms with Crippen LogP contribution in [-0.2, 0) is 4.79 Å². The summed E-state index contributed by atoms with van der Waals surface area (Å²) in [6, 6.07) is 8.50. The molecule has 1 fully saturated rings. The van der Waals surface area contributed by atoms with Crippen molar-refractivity contribution in [1.82, 2.24) is 10.6 Å². The van der Waals surface area contributed by atoms with Gasteiger partial charge in [-0.25, -0.2) is 0 Å². The second-order valence-electron chi connectivity index (χ2n) is 3.60. The molecular weight excluding hydrogens is 258 g/mol. The van der Waals surface area contributed by atoms with E-state index >= 15 is 0 Å². The van der Waals surface area contributed by atoms with Crippen LogP contribution in [0.3, 0.4) is 0 Å². The first-order chi connectivity index (χ1) is 8.11. The quantitative estimate of drug-likeness (QED) is 0.756. The summed E-state index contributed by atoms with van der Waals surface area (Å²) in [5.41, 5.74) is 0.804. The first-order valence-corrected chi connectivity index (χ1v) is 5.67. The Hall–Kier alpha value is -1.64. The molecule has 1 saturated heterocycles. The van der Waals surface area contributed by atoms with Crippen LogP contribution in [0.15, 0.2) is 24.3 Å². The molecule has 2 atom stereocenters. The molecule has 86 valence electrons. The van der Waals surface area contributed by atoms with Crippen molar-refractivity contribution in [3.8, 4) is 6.07 Å². The molecule has 1 amide bonds. The van der Waals surface area contributed by atoms with Crippen molar-refractivity contribution in [2.24, 2.45) is 5.92 Å². The summed E-state index contributed by atoms with van der Waals surface area (Å²) in [6.07, 6.45) is 0. The van der Waals surface area contributed by atoms with E-state index in [0.717, 1.165) is 5.56 Å². The van der Waals surface area contributed by atoms with Gasteiger partial charge in [0.1, 0.15) is 5.92 Å². The second kappa shape index (κ2) is 4.70. The van der Waals surface area contributed by atoms with Gasteiger partial charge in [-0.05, 0) is 29.9 Å². The van der Waals surface area contributed by atoms with Crippen LogP contribution in [0, 0.1) is 17.2 Å². The van der Waals surface area contributed by atoms with Crippen molar-refractivity contribution < 1.29 is 4.79 Å². The zero-order chi connectivity index (χ0) is 12.4. The largest absolute Gasteiger partial charge is 0.354 e. The van der Waals surface area contributed by atoms with Gasteiger partial charge in [-0.1, -0.05) is 23.7 Å². The van der Waals surface area contributed by atoms with Crippen LogP contribution in [0.2, 0.25) is 5.02 Å². The molecule has 6 heteroatoms. The number of rotatable bonds is 1. The van der Waals surface area contributed by atoms with Crippen LogP contribution in [0.5, 0.6) is 0 Å². The van der Waals surface area contributed by atoms with Crippen molar-refractivity contribution in [3.05, 3.63) is 34.9 Å². The number of nitrogens with zero attached hydrogens (tertiary/aromatic N) is 1. The van der Waals surface area contributed by atoms with E-state index in [0.29, 0.717) is 5.02 Å². The lowest BCUT2D eigenvalue weighted by Gasteiger charge is -2.29.